The second kappa shape index (κ2) is 4.50. The Morgan fingerprint density at radius 2 is 2.06 bits per heavy atom. The fourth-order valence-electron chi connectivity index (χ4n) is 1.77. The maximum atomic E-state index is 13.1. The molecule has 0 saturated carbocycles. The molecule has 2 aromatic rings. The lowest BCUT2D eigenvalue weighted by Crippen LogP contribution is -1.96. The monoisotopic (exact) mass is 237 g/mol. The van der Waals surface area contributed by atoms with Crippen molar-refractivity contribution < 1.29 is 4.39 Å². The van der Waals surface area contributed by atoms with Gasteiger partial charge in [-0.25, -0.2) is 4.39 Å². The van der Waals surface area contributed by atoms with Gasteiger partial charge in [0.15, 0.2) is 0 Å². The van der Waals surface area contributed by atoms with E-state index in [0.717, 1.165) is 16.7 Å². The predicted molar refractivity (Wildman–Crippen MR) is 69.3 cm³/mol. The molecule has 0 radical (unpaired) electrons. The number of nitrogens with zero attached hydrogens (tertiary/aromatic N) is 1. The van der Waals surface area contributed by atoms with Gasteiger partial charge in [-0.2, -0.15) is 11.8 Å². The van der Waals surface area contributed by atoms with Crippen molar-refractivity contribution in [1.29, 1.82) is 0 Å². The van der Waals surface area contributed by atoms with E-state index in [1.54, 1.807) is 6.07 Å². The molecular weight excluding hydrogens is 221 g/mol. The maximum absolute atomic E-state index is 13.1. The summed E-state index contributed by atoms with van der Waals surface area (Å²) in [5.41, 5.74) is 2.35. The van der Waals surface area contributed by atoms with Crippen LogP contribution in [0.1, 0.15) is 19.5 Å². The van der Waals surface area contributed by atoms with E-state index in [2.05, 4.69) is 24.5 Å². The normalized spacial score (nSPS) is 11.6. The molecule has 86 valence electrons. The molecule has 0 bridgehead atoms. The lowest BCUT2D eigenvalue weighted by Gasteiger charge is -2.06. The molecule has 0 aliphatic heterocycles. The summed E-state index contributed by atoms with van der Waals surface area (Å²) in [6.45, 7) is 4.37. The standard InChI is InChI=1S/C13H16FNS/c1-9(2)16-8-12-7-10-6-11(14)4-5-13(10)15(12)3/h4-7,9H,8H2,1-3H3. The van der Waals surface area contributed by atoms with E-state index in [9.17, 15) is 4.39 Å². The zero-order chi connectivity index (χ0) is 11.7. The zero-order valence-corrected chi connectivity index (χ0v) is 10.6. The topological polar surface area (TPSA) is 4.93 Å². The first-order valence-electron chi connectivity index (χ1n) is 5.43. The highest BCUT2D eigenvalue weighted by Gasteiger charge is 2.07. The van der Waals surface area contributed by atoms with Crippen molar-refractivity contribution in [2.24, 2.45) is 7.05 Å². The molecule has 0 saturated heterocycles. The van der Waals surface area contributed by atoms with E-state index in [-0.39, 0.29) is 5.82 Å². The first-order valence-corrected chi connectivity index (χ1v) is 6.48. The third-order valence-corrected chi connectivity index (χ3v) is 3.80. The highest BCUT2D eigenvalue weighted by Crippen LogP contribution is 2.24. The van der Waals surface area contributed by atoms with Gasteiger partial charge in [0.1, 0.15) is 5.82 Å². The molecule has 1 nitrogen and oxygen atoms in total. The molecule has 1 aromatic carbocycles. The van der Waals surface area contributed by atoms with Crippen LogP contribution in [-0.4, -0.2) is 9.82 Å². The number of benzene rings is 1. The number of halogens is 1. The summed E-state index contributed by atoms with van der Waals surface area (Å²) in [5, 5.41) is 1.61. The smallest absolute Gasteiger partial charge is 0.123 e. The van der Waals surface area contributed by atoms with E-state index in [0.29, 0.717) is 5.25 Å². The second-order valence-corrected chi connectivity index (χ2v) is 5.82. The molecule has 0 spiro atoms. The fraction of sp³-hybridized carbons (Fsp3) is 0.385. The van der Waals surface area contributed by atoms with Crippen LogP contribution in [0.15, 0.2) is 24.3 Å². The van der Waals surface area contributed by atoms with Crippen LogP contribution in [-0.2, 0) is 12.8 Å². The number of fused-ring (bicyclic) bond motifs is 1. The first kappa shape index (κ1) is 11.5. The fourth-order valence-corrected chi connectivity index (χ4v) is 2.55. The average Bonchev–Trinajstić information content (AvgIpc) is 2.52. The van der Waals surface area contributed by atoms with Gasteiger partial charge in [0.25, 0.3) is 0 Å². The number of thioether (sulfide) groups is 1. The maximum Gasteiger partial charge on any atom is 0.123 e. The minimum absolute atomic E-state index is 0.166. The molecule has 1 heterocycles. The van der Waals surface area contributed by atoms with Crippen LogP contribution in [0.2, 0.25) is 0 Å². The van der Waals surface area contributed by atoms with Crippen LogP contribution in [0.5, 0.6) is 0 Å². The Morgan fingerprint density at radius 1 is 1.31 bits per heavy atom. The summed E-state index contributed by atoms with van der Waals surface area (Å²) in [5.74, 6) is 0.811. The Balaban J connectivity index is 2.36. The Labute approximate surface area is 99.6 Å². The molecule has 0 unspecified atom stereocenters. The minimum atomic E-state index is -0.166. The Morgan fingerprint density at radius 3 is 2.75 bits per heavy atom. The highest BCUT2D eigenvalue weighted by molar-refractivity contribution is 7.99. The van der Waals surface area contributed by atoms with E-state index in [1.807, 2.05) is 24.9 Å². The second-order valence-electron chi connectivity index (χ2n) is 4.26. The van der Waals surface area contributed by atoms with Crippen molar-refractivity contribution in [1.82, 2.24) is 4.57 Å². The largest absolute Gasteiger partial charge is 0.347 e. The molecule has 0 fully saturated rings. The SMILES string of the molecule is CC(C)SCc1cc2cc(F)ccc2n1C. The summed E-state index contributed by atoms with van der Waals surface area (Å²) < 4.78 is 15.2. The summed E-state index contributed by atoms with van der Waals surface area (Å²) in [4.78, 5) is 0. The number of aryl methyl sites for hydroxylation is 1. The molecule has 3 heteroatoms. The Bertz CT molecular complexity index is 502. The van der Waals surface area contributed by atoms with Gasteiger partial charge in [0.05, 0.1) is 0 Å². The lowest BCUT2D eigenvalue weighted by molar-refractivity contribution is 0.629. The average molecular weight is 237 g/mol. The van der Waals surface area contributed by atoms with Gasteiger partial charge >= 0.3 is 0 Å². The Hall–Kier alpha value is -0.960. The van der Waals surface area contributed by atoms with Crippen LogP contribution in [0, 0.1) is 5.82 Å². The third-order valence-electron chi connectivity index (χ3n) is 2.67. The third kappa shape index (κ3) is 2.24. The van der Waals surface area contributed by atoms with Crippen LogP contribution >= 0.6 is 11.8 Å². The van der Waals surface area contributed by atoms with Gasteiger partial charge in [-0.3, -0.25) is 0 Å². The first-order chi connectivity index (χ1) is 7.58. The molecule has 0 aliphatic carbocycles. The van der Waals surface area contributed by atoms with E-state index in [1.165, 1.54) is 11.8 Å². The molecule has 16 heavy (non-hydrogen) atoms. The summed E-state index contributed by atoms with van der Waals surface area (Å²) >= 11 is 1.90. The molecule has 2 rings (SSSR count). The number of aromatic nitrogens is 1. The van der Waals surface area contributed by atoms with E-state index in [4.69, 9.17) is 0 Å². The van der Waals surface area contributed by atoms with E-state index >= 15 is 0 Å². The molecular formula is C13H16FNS. The van der Waals surface area contributed by atoms with Crippen LogP contribution in [0.25, 0.3) is 10.9 Å². The minimum Gasteiger partial charge on any atom is -0.347 e. The summed E-state index contributed by atoms with van der Waals surface area (Å²) in [6, 6.07) is 7.03. The predicted octanol–water partition coefficient (Wildman–Crippen LogP) is 3.96. The molecule has 0 N–H and O–H groups in total. The Kier molecular flexibility index (Phi) is 3.24. The van der Waals surface area contributed by atoms with Gasteiger partial charge in [-0.1, -0.05) is 13.8 Å². The molecule has 0 atom stereocenters. The van der Waals surface area contributed by atoms with Gasteiger partial charge in [-0.15, -0.1) is 0 Å². The van der Waals surface area contributed by atoms with Crippen LogP contribution in [0.4, 0.5) is 4.39 Å². The molecule has 1 aromatic heterocycles. The zero-order valence-electron chi connectivity index (χ0n) is 9.83. The van der Waals surface area contributed by atoms with Crippen molar-refractivity contribution in [3.8, 4) is 0 Å². The number of hydrogen-bond donors (Lipinski definition) is 0. The van der Waals surface area contributed by atoms with Crippen molar-refractivity contribution >= 4 is 22.7 Å². The summed E-state index contributed by atoms with van der Waals surface area (Å²) in [6.07, 6.45) is 0. The van der Waals surface area contributed by atoms with Crippen LogP contribution < -0.4 is 0 Å². The van der Waals surface area contributed by atoms with Gasteiger partial charge in [-0.05, 0) is 29.5 Å². The summed E-state index contributed by atoms with van der Waals surface area (Å²) in [7, 11) is 2.04. The van der Waals surface area contributed by atoms with Crippen molar-refractivity contribution in [3.05, 3.63) is 35.8 Å². The van der Waals surface area contributed by atoms with Crippen molar-refractivity contribution in [2.45, 2.75) is 24.9 Å². The quantitative estimate of drug-likeness (QED) is 0.782. The molecule has 0 amide bonds. The lowest BCUT2D eigenvalue weighted by atomic mass is 10.2. The van der Waals surface area contributed by atoms with Gasteiger partial charge in [0, 0.05) is 29.4 Å². The highest BCUT2D eigenvalue weighted by atomic mass is 32.2. The molecule has 0 aliphatic rings. The van der Waals surface area contributed by atoms with Gasteiger partial charge in [0.2, 0.25) is 0 Å². The van der Waals surface area contributed by atoms with Crippen LogP contribution in [0.3, 0.4) is 0 Å². The van der Waals surface area contributed by atoms with Gasteiger partial charge < -0.3 is 4.57 Å². The van der Waals surface area contributed by atoms with E-state index < -0.39 is 0 Å². The van der Waals surface area contributed by atoms with Crippen molar-refractivity contribution in [3.63, 3.8) is 0 Å². The number of hydrogen-bond acceptors (Lipinski definition) is 1. The van der Waals surface area contributed by atoms with Crippen molar-refractivity contribution in [2.75, 3.05) is 0 Å². The number of rotatable bonds is 3.